The lowest BCUT2D eigenvalue weighted by atomic mass is 9.83. The van der Waals surface area contributed by atoms with Crippen LogP contribution in [0.3, 0.4) is 0 Å². The Kier molecular flexibility index (Phi) is 6.25. The van der Waals surface area contributed by atoms with Crippen molar-refractivity contribution in [3.8, 4) is 44.5 Å². The first-order valence-electron chi connectivity index (χ1n) is 16.9. The van der Waals surface area contributed by atoms with Crippen LogP contribution in [0.2, 0.25) is 0 Å². The third-order valence-corrected chi connectivity index (χ3v) is 10.1. The van der Waals surface area contributed by atoms with E-state index in [0.29, 0.717) is 0 Å². The van der Waals surface area contributed by atoms with Gasteiger partial charge in [-0.2, -0.15) is 0 Å². The molecule has 0 aliphatic heterocycles. The predicted molar refractivity (Wildman–Crippen MR) is 208 cm³/mol. The van der Waals surface area contributed by atoms with E-state index in [2.05, 4.69) is 176 Å². The molecule has 1 aromatic heterocycles. The monoisotopic (exact) mass is 622 g/mol. The smallest absolute Gasteiger partial charge is 0.143 e. The molecule has 10 rings (SSSR count). The fourth-order valence-corrected chi connectivity index (χ4v) is 7.91. The van der Waals surface area contributed by atoms with E-state index in [9.17, 15) is 0 Å². The molecule has 0 saturated carbocycles. The molecular weight excluding hydrogens is 593 g/mol. The van der Waals surface area contributed by atoms with Crippen molar-refractivity contribution < 1.29 is 4.42 Å². The van der Waals surface area contributed by atoms with Crippen molar-refractivity contribution in [3.63, 3.8) is 0 Å². The minimum absolute atomic E-state index is 0.914. The second-order valence-corrected chi connectivity index (χ2v) is 12.8. The second kappa shape index (κ2) is 11.1. The van der Waals surface area contributed by atoms with Crippen LogP contribution >= 0.6 is 0 Å². The maximum absolute atomic E-state index is 6.57. The summed E-state index contributed by atoms with van der Waals surface area (Å²) in [5.74, 6) is 0. The first kappa shape index (κ1) is 27.7. The average molecular weight is 623 g/mol. The minimum atomic E-state index is 0.914. The third kappa shape index (κ3) is 4.33. The lowest BCUT2D eigenvalue weighted by molar-refractivity contribution is 0.670. The molecule has 0 spiro atoms. The summed E-state index contributed by atoms with van der Waals surface area (Å²) in [4.78, 5) is 0. The van der Waals surface area contributed by atoms with Gasteiger partial charge >= 0.3 is 0 Å². The highest BCUT2D eigenvalue weighted by Gasteiger charge is 2.20. The Bertz CT molecular complexity index is 2800. The fourth-order valence-electron chi connectivity index (χ4n) is 7.91. The molecule has 10 aromatic rings. The molecule has 0 atom stereocenters. The van der Waals surface area contributed by atoms with Crippen molar-refractivity contribution in [2.75, 3.05) is 0 Å². The first-order valence-corrected chi connectivity index (χ1v) is 16.9. The molecule has 1 heteroatoms. The average Bonchev–Trinajstić information content (AvgIpc) is 3.54. The van der Waals surface area contributed by atoms with Gasteiger partial charge < -0.3 is 4.42 Å². The van der Waals surface area contributed by atoms with Gasteiger partial charge in [-0.25, -0.2) is 0 Å². The summed E-state index contributed by atoms with van der Waals surface area (Å²) in [5.41, 5.74) is 11.6. The first-order chi connectivity index (χ1) is 24.3. The van der Waals surface area contributed by atoms with E-state index in [0.717, 1.165) is 33.1 Å². The van der Waals surface area contributed by atoms with Crippen LogP contribution in [0, 0.1) is 0 Å². The summed E-state index contributed by atoms with van der Waals surface area (Å²) in [5, 5.41) is 9.70. The zero-order valence-corrected chi connectivity index (χ0v) is 26.7. The zero-order valence-electron chi connectivity index (χ0n) is 26.7. The van der Waals surface area contributed by atoms with Gasteiger partial charge in [-0.05, 0) is 83.4 Å². The van der Waals surface area contributed by atoms with E-state index in [1.165, 1.54) is 65.7 Å². The van der Waals surface area contributed by atoms with Gasteiger partial charge in [0.1, 0.15) is 11.2 Å². The lowest BCUT2D eigenvalue weighted by Gasteiger charge is -2.20. The topological polar surface area (TPSA) is 13.1 Å². The summed E-state index contributed by atoms with van der Waals surface area (Å²) in [6, 6.07) is 65.7. The highest BCUT2D eigenvalue weighted by molar-refractivity contribution is 6.23. The Morgan fingerprint density at radius 2 is 0.776 bits per heavy atom. The van der Waals surface area contributed by atoms with Crippen LogP contribution in [-0.2, 0) is 0 Å². The van der Waals surface area contributed by atoms with Crippen LogP contribution in [-0.4, -0.2) is 0 Å². The van der Waals surface area contributed by atoms with Crippen molar-refractivity contribution in [2.24, 2.45) is 0 Å². The molecule has 0 unspecified atom stereocenters. The number of benzene rings is 9. The maximum Gasteiger partial charge on any atom is 0.143 e. The molecule has 49 heavy (non-hydrogen) atoms. The Labute approximate surface area is 284 Å². The van der Waals surface area contributed by atoms with E-state index < -0.39 is 0 Å². The number of hydrogen-bond donors (Lipinski definition) is 0. The van der Waals surface area contributed by atoms with E-state index in [1.807, 2.05) is 6.07 Å². The molecule has 228 valence electrons. The molecular formula is C48H30O. The van der Waals surface area contributed by atoms with E-state index in [4.69, 9.17) is 4.42 Å². The van der Waals surface area contributed by atoms with Crippen molar-refractivity contribution in [3.05, 3.63) is 182 Å². The third-order valence-electron chi connectivity index (χ3n) is 10.1. The Balaban J connectivity index is 1.21. The maximum atomic E-state index is 6.57. The molecule has 0 radical (unpaired) electrons. The van der Waals surface area contributed by atoms with Gasteiger partial charge in [-0.15, -0.1) is 0 Å². The standard InChI is InChI=1S/C48H30O/c1-2-14-31(15-3-1)35-17-6-7-20-38(35)47-41-23-10-8-21-39(41)45(40-22-9-11-24-42(40)47)32-26-28-33(29-27-32)46-36-18-5-4-16-34(36)30-43-37-19-12-13-25-44(37)49-48(43)46/h1-30H. The number of rotatable bonds is 4. The van der Waals surface area contributed by atoms with Gasteiger partial charge in [0, 0.05) is 16.3 Å². The van der Waals surface area contributed by atoms with Gasteiger partial charge in [0.25, 0.3) is 0 Å². The van der Waals surface area contributed by atoms with E-state index in [1.54, 1.807) is 0 Å². The normalized spacial score (nSPS) is 11.7. The predicted octanol–water partition coefficient (Wildman–Crippen LogP) is 13.7. The molecule has 0 saturated heterocycles. The summed E-state index contributed by atoms with van der Waals surface area (Å²) < 4.78 is 6.57. The Morgan fingerprint density at radius 3 is 1.45 bits per heavy atom. The molecule has 0 amide bonds. The molecule has 0 N–H and O–H groups in total. The minimum Gasteiger partial charge on any atom is -0.455 e. The van der Waals surface area contributed by atoms with E-state index >= 15 is 0 Å². The Hall–Kier alpha value is -6.44. The van der Waals surface area contributed by atoms with E-state index in [-0.39, 0.29) is 0 Å². The van der Waals surface area contributed by atoms with Crippen LogP contribution < -0.4 is 0 Å². The lowest BCUT2D eigenvalue weighted by Crippen LogP contribution is -1.92. The molecule has 0 fully saturated rings. The van der Waals surface area contributed by atoms with Gasteiger partial charge in [-0.1, -0.05) is 170 Å². The summed E-state index contributed by atoms with van der Waals surface area (Å²) in [7, 11) is 0. The fraction of sp³-hybridized carbons (Fsp3) is 0. The number of furan rings is 1. The van der Waals surface area contributed by atoms with Crippen LogP contribution in [0.15, 0.2) is 186 Å². The zero-order chi connectivity index (χ0) is 32.3. The largest absolute Gasteiger partial charge is 0.455 e. The molecule has 1 heterocycles. The van der Waals surface area contributed by atoms with Crippen molar-refractivity contribution in [1.82, 2.24) is 0 Å². The Morgan fingerprint density at radius 1 is 0.286 bits per heavy atom. The van der Waals surface area contributed by atoms with Gasteiger partial charge in [0.15, 0.2) is 0 Å². The van der Waals surface area contributed by atoms with Crippen molar-refractivity contribution >= 4 is 54.3 Å². The molecule has 9 aromatic carbocycles. The SMILES string of the molecule is c1ccc(-c2ccccc2-c2c3ccccc3c(-c3ccc(-c4c5ccccc5cc5c4oc4ccccc45)cc3)c3ccccc23)cc1. The van der Waals surface area contributed by atoms with Gasteiger partial charge in [-0.3, -0.25) is 0 Å². The number of fused-ring (bicyclic) bond motifs is 6. The van der Waals surface area contributed by atoms with Gasteiger partial charge in [0.2, 0.25) is 0 Å². The second-order valence-electron chi connectivity index (χ2n) is 12.8. The molecule has 0 aliphatic rings. The van der Waals surface area contributed by atoms with Crippen molar-refractivity contribution in [2.45, 2.75) is 0 Å². The number of para-hydroxylation sites is 1. The molecule has 1 nitrogen and oxygen atoms in total. The summed E-state index contributed by atoms with van der Waals surface area (Å²) in [6.07, 6.45) is 0. The number of hydrogen-bond acceptors (Lipinski definition) is 1. The molecule has 0 aliphatic carbocycles. The highest BCUT2D eigenvalue weighted by Crippen LogP contribution is 2.47. The van der Waals surface area contributed by atoms with Gasteiger partial charge in [0.05, 0.1) is 0 Å². The van der Waals surface area contributed by atoms with Crippen LogP contribution in [0.25, 0.3) is 98.8 Å². The highest BCUT2D eigenvalue weighted by atomic mass is 16.3. The molecule has 0 bridgehead atoms. The summed E-state index contributed by atoms with van der Waals surface area (Å²) in [6.45, 7) is 0. The quantitative estimate of drug-likeness (QED) is 0.178. The van der Waals surface area contributed by atoms with Crippen LogP contribution in [0.4, 0.5) is 0 Å². The van der Waals surface area contributed by atoms with Crippen LogP contribution in [0.5, 0.6) is 0 Å². The summed E-state index contributed by atoms with van der Waals surface area (Å²) >= 11 is 0. The van der Waals surface area contributed by atoms with Crippen molar-refractivity contribution in [1.29, 1.82) is 0 Å². The van der Waals surface area contributed by atoms with Crippen LogP contribution in [0.1, 0.15) is 0 Å².